The number of nitrogens with one attached hydrogen (secondary N) is 1. The van der Waals surface area contributed by atoms with Crippen molar-refractivity contribution in [2.75, 3.05) is 4.72 Å². The number of sulfonamides is 1. The molecule has 0 radical (unpaired) electrons. The van der Waals surface area contributed by atoms with Gasteiger partial charge in [0.1, 0.15) is 0 Å². The van der Waals surface area contributed by atoms with Gasteiger partial charge in [0, 0.05) is 6.07 Å². The molecular weight excluding hydrogens is 308 g/mol. The van der Waals surface area contributed by atoms with Crippen LogP contribution in [0, 0.1) is 39.3 Å². The fraction of sp³-hybridized carbons (Fsp3) is 0.250. The van der Waals surface area contributed by atoms with E-state index in [2.05, 4.69) is 4.72 Å². The van der Waals surface area contributed by atoms with E-state index in [4.69, 9.17) is 0 Å². The molecule has 0 bridgehead atoms. The third kappa shape index (κ3) is 2.97. The Morgan fingerprint density at radius 1 is 0.864 bits per heavy atom. The predicted molar refractivity (Wildman–Crippen MR) is 82.6 cm³/mol. The lowest BCUT2D eigenvalue weighted by molar-refractivity contribution is 0.509. The normalized spacial score (nSPS) is 11.5. The lowest BCUT2D eigenvalue weighted by atomic mass is 10.0. The van der Waals surface area contributed by atoms with Crippen molar-refractivity contribution in [2.45, 2.75) is 32.6 Å². The van der Waals surface area contributed by atoms with E-state index in [1.165, 1.54) is 6.07 Å². The van der Waals surface area contributed by atoms with Crippen LogP contribution in [-0.4, -0.2) is 8.42 Å². The number of hydrogen-bond donors (Lipinski definition) is 1. The van der Waals surface area contributed by atoms with Crippen LogP contribution in [0.3, 0.4) is 0 Å². The zero-order chi connectivity index (χ0) is 16.7. The summed E-state index contributed by atoms with van der Waals surface area (Å²) in [6.07, 6.45) is 0. The smallest absolute Gasteiger partial charge is 0.262 e. The van der Waals surface area contributed by atoms with E-state index in [0.717, 1.165) is 23.3 Å². The Bertz CT molecular complexity index is 819. The molecule has 0 aliphatic heterocycles. The first-order chi connectivity index (χ1) is 10.1. The summed E-state index contributed by atoms with van der Waals surface area (Å²) in [7, 11) is -3.89. The molecule has 0 fully saturated rings. The van der Waals surface area contributed by atoms with Gasteiger partial charge in [0.05, 0.1) is 10.6 Å². The van der Waals surface area contributed by atoms with Crippen molar-refractivity contribution in [1.29, 1.82) is 0 Å². The van der Waals surface area contributed by atoms with E-state index >= 15 is 0 Å². The van der Waals surface area contributed by atoms with Crippen LogP contribution in [0.4, 0.5) is 14.5 Å². The van der Waals surface area contributed by atoms with Gasteiger partial charge in [-0.2, -0.15) is 0 Å². The standard InChI is InChI=1S/C16H17F2NO2S/c1-9-7-10(2)12(4)16(11(9)3)22(20,21)19-13-5-6-14(17)15(18)8-13/h5-8,19H,1-4H3. The van der Waals surface area contributed by atoms with Gasteiger partial charge in [-0.05, 0) is 62.1 Å². The van der Waals surface area contributed by atoms with Gasteiger partial charge in [0.25, 0.3) is 10.0 Å². The summed E-state index contributed by atoms with van der Waals surface area (Å²) in [4.78, 5) is 0.176. The molecule has 0 amide bonds. The quantitative estimate of drug-likeness (QED) is 0.927. The molecular formula is C16H17F2NO2S. The fourth-order valence-electron chi connectivity index (χ4n) is 2.35. The third-order valence-corrected chi connectivity index (χ3v) is 5.39. The molecule has 0 saturated carbocycles. The van der Waals surface area contributed by atoms with Gasteiger partial charge in [-0.15, -0.1) is 0 Å². The highest BCUT2D eigenvalue weighted by atomic mass is 32.2. The maximum absolute atomic E-state index is 13.2. The Labute approximate surface area is 129 Å². The van der Waals surface area contributed by atoms with Gasteiger partial charge < -0.3 is 0 Å². The first-order valence-electron chi connectivity index (χ1n) is 6.68. The van der Waals surface area contributed by atoms with Crippen LogP contribution < -0.4 is 4.72 Å². The van der Waals surface area contributed by atoms with Crippen molar-refractivity contribution in [2.24, 2.45) is 0 Å². The van der Waals surface area contributed by atoms with E-state index in [1.54, 1.807) is 13.8 Å². The second-order valence-corrected chi connectivity index (χ2v) is 6.94. The number of rotatable bonds is 3. The molecule has 3 nitrogen and oxygen atoms in total. The molecule has 0 unspecified atom stereocenters. The monoisotopic (exact) mass is 325 g/mol. The summed E-state index contributed by atoms with van der Waals surface area (Å²) in [6, 6.07) is 4.80. The Kier molecular flexibility index (Phi) is 4.24. The Morgan fingerprint density at radius 3 is 1.91 bits per heavy atom. The maximum atomic E-state index is 13.2. The van der Waals surface area contributed by atoms with E-state index in [0.29, 0.717) is 11.1 Å². The van der Waals surface area contributed by atoms with Gasteiger partial charge in [-0.1, -0.05) is 6.07 Å². The molecule has 2 aromatic rings. The molecule has 0 aromatic heterocycles. The second-order valence-electron chi connectivity index (χ2n) is 5.32. The molecule has 0 atom stereocenters. The maximum Gasteiger partial charge on any atom is 0.262 e. The highest BCUT2D eigenvalue weighted by Gasteiger charge is 2.22. The fourth-order valence-corrected chi connectivity index (χ4v) is 4.02. The largest absolute Gasteiger partial charge is 0.280 e. The van der Waals surface area contributed by atoms with Gasteiger partial charge in [-0.3, -0.25) is 4.72 Å². The molecule has 0 spiro atoms. The Balaban J connectivity index is 2.54. The average molecular weight is 325 g/mol. The molecule has 0 aliphatic carbocycles. The number of benzene rings is 2. The topological polar surface area (TPSA) is 46.2 Å². The SMILES string of the molecule is Cc1cc(C)c(C)c(S(=O)(=O)Nc2ccc(F)c(F)c2)c1C. The molecule has 0 heterocycles. The first kappa shape index (κ1) is 16.4. The van der Waals surface area contributed by atoms with Gasteiger partial charge in [0.15, 0.2) is 11.6 Å². The zero-order valence-corrected chi connectivity index (χ0v) is 13.6. The molecule has 6 heteroatoms. The molecule has 2 aromatic carbocycles. The van der Waals surface area contributed by atoms with Crippen molar-refractivity contribution in [3.8, 4) is 0 Å². The number of hydrogen-bond acceptors (Lipinski definition) is 2. The minimum absolute atomic E-state index is 0.0168. The van der Waals surface area contributed by atoms with Crippen molar-refractivity contribution >= 4 is 15.7 Å². The van der Waals surface area contributed by atoms with Crippen LogP contribution in [0.15, 0.2) is 29.2 Å². The van der Waals surface area contributed by atoms with Gasteiger partial charge in [0.2, 0.25) is 0 Å². The Hall–Kier alpha value is -1.95. The number of aryl methyl sites for hydroxylation is 2. The summed E-state index contributed by atoms with van der Waals surface area (Å²) in [5.41, 5.74) is 2.97. The van der Waals surface area contributed by atoms with Crippen molar-refractivity contribution in [1.82, 2.24) is 0 Å². The van der Waals surface area contributed by atoms with E-state index in [-0.39, 0.29) is 10.6 Å². The van der Waals surface area contributed by atoms with Crippen LogP contribution in [0.2, 0.25) is 0 Å². The predicted octanol–water partition coefficient (Wildman–Crippen LogP) is 4.00. The van der Waals surface area contributed by atoms with Crippen molar-refractivity contribution < 1.29 is 17.2 Å². The summed E-state index contributed by atoms with van der Waals surface area (Å²) in [5, 5.41) is 0. The molecule has 22 heavy (non-hydrogen) atoms. The van der Waals surface area contributed by atoms with E-state index < -0.39 is 21.7 Å². The molecule has 1 N–H and O–H groups in total. The Morgan fingerprint density at radius 2 is 1.41 bits per heavy atom. The van der Waals surface area contributed by atoms with Crippen molar-refractivity contribution in [3.05, 3.63) is 58.2 Å². The summed E-state index contributed by atoms with van der Waals surface area (Å²) in [5.74, 6) is -2.13. The summed E-state index contributed by atoms with van der Waals surface area (Å²) < 4.78 is 53.7. The first-order valence-corrected chi connectivity index (χ1v) is 8.17. The van der Waals surface area contributed by atoms with Crippen LogP contribution >= 0.6 is 0 Å². The average Bonchev–Trinajstić information content (AvgIpc) is 2.40. The van der Waals surface area contributed by atoms with Crippen LogP contribution in [0.5, 0.6) is 0 Å². The molecule has 118 valence electrons. The van der Waals surface area contributed by atoms with Crippen molar-refractivity contribution in [3.63, 3.8) is 0 Å². The van der Waals surface area contributed by atoms with E-state index in [1.807, 2.05) is 19.9 Å². The highest BCUT2D eigenvalue weighted by Crippen LogP contribution is 2.28. The van der Waals surface area contributed by atoms with Crippen LogP contribution in [0.25, 0.3) is 0 Å². The molecule has 0 aliphatic rings. The minimum atomic E-state index is -3.89. The molecule has 2 rings (SSSR count). The van der Waals surface area contributed by atoms with Gasteiger partial charge >= 0.3 is 0 Å². The highest BCUT2D eigenvalue weighted by molar-refractivity contribution is 7.92. The lowest BCUT2D eigenvalue weighted by Crippen LogP contribution is -2.17. The van der Waals surface area contributed by atoms with Crippen LogP contribution in [-0.2, 0) is 10.0 Å². The minimum Gasteiger partial charge on any atom is -0.280 e. The summed E-state index contributed by atoms with van der Waals surface area (Å²) >= 11 is 0. The number of anilines is 1. The van der Waals surface area contributed by atoms with E-state index in [9.17, 15) is 17.2 Å². The van der Waals surface area contributed by atoms with Crippen LogP contribution in [0.1, 0.15) is 22.3 Å². The lowest BCUT2D eigenvalue weighted by Gasteiger charge is -2.16. The zero-order valence-electron chi connectivity index (χ0n) is 12.8. The molecule has 0 saturated heterocycles. The number of halogens is 2. The summed E-state index contributed by atoms with van der Waals surface area (Å²) in [6.45, 7) is 7.11. The third-order valence-electron chi connectivity index (χ3n) is 3.74. The second kappa shape index (κ2) is 5.68. The van der Waals surface area contributed by atoms with Gasteiger partial charge in [-0.25, -0.2) is 17.2 Å².